The molecule has 0 atom stereocenters. The lowest BCUT2D eigenvalue weighted by Crippen LogP contribution is -2.11. The summed E-state index contributed by atoms with van der Waals surface area (Å²) in [5.41, 5.74) is 1.54. The molecule has 0 bridgehead atoms. The summed E-state index contributed by atoms with van der Waals surface area (Å²) >= 11 is 7.50. The monoisotopic (exact) mass is 332 g/mol. The van der Waals surface area contributed by atoms with Crippen LogP contribution in [0.2, 0.25) is 5.02 Å². The molecule has 0 aliphatic carbocycles. The van der Waals surface area contributed by atoms with Crippen molar-refractivity contribution >= 4 is 34.7 Å². The van der Waals surface area contributed by atoms with Crippen LogP contribution in [0.15, 0.2) is 52.4 Å². The van der Waals surface area contributed by atoms with E-state index in [0.29, 0.717) is 23.0 Å². The molecule has 0 saturated heterocycles. The van der Waals surface area contributed by atoms with Gasteiger partial charge in [-0.15, -0.1) is 11.3 Å². The van der Waals surface area contributed by atoms with Crippen molar-refractivity contribution in [2.24, 2.45) is 0 Å². The van der Waals surface area contributed by atoms with E-state index >= 15 is 0 Å². The summed E-state index contributed by atoms with van der Waals surface area (Å²) < 4.78 is 5.14. The number of nitrogens with one attached hydrogen (secondary N) is 1. The molecular weight excluding hydrogens is 320 g/mol. The first-order valence-corrected chi connectivity index (χ1v) is 8.01. The minimum absolute atomic E-state index is 0.0905. The van der Waals surface area contributed by atoms with Crippen LogP contribution >= 0.6 is 22.9 Å². The van der Waals surface area contributed by atoms with E-state index in [1.807, 2.05) is 29.6 Å². The topological polar surface area (TPSA) is 55.1 Å². The highest BCUT2D eigenvalue weighted by molar-refractivity contribution is 7.09. The fourth-order valence-corrected chi connectivity index (χ4v) is 2.82. The average Bonchev–Trinajstić information content (AvgIpc) is 3.17. The molecule has 2 aromatic heterocycles. The second-order valence-corrected chi connectivity index (χ2v) is 6.18. The van der Waals surface area contributed by atoms with Gasteiger partial charge in [0.1, 0.15) is 5.69 Å². The van der Waals surface area contributed by atoms with Gasteiger partial charge in [0.2, 0.25) is 11.8 Å². The van der Waals surface area contributed by atoms with Crippen molar-refractivity contribution in [2.75, 3.05) is 5.32 Å². The van der Waals surface area contributed by atoms with Crippen molar-refractivity contribution in [1.82, 2.24) is 5.16 Å². The van der Waals surface area contributed by atoms with Crippen molar-refractivity contribution in [2.45, 2.75) is 12.8 Å². The SMILES string of the molecule is O=C(CCc1cccs1)Nc1cc(-c2ccc(Cl)cc2)no1. The van der Waals surface area contributed by atoms with Gasteiger partial charge in [0.15, 0.2) is 0 Å². The third kappa shape index (κ3) is 3.75. The van der Waals surface area contributed by atoms with E-state index in [1.54, 1.807) is 29.5 Å². The summed E-state index contributed by atoms with van der Waals surface area (Å²) in [6, 6.07) is 13.0. The number of carbonyl (C=O) groups is 1. The molecule has 0 spiro atoms. The molecule has 112 valence electrons. The van der Waals surface area contributed by atoms with Gasteiger partial charge in [0.25, 0.3) is 0 Å². The predicted octanol–water partition coefficient (Wildman–Crippen LogP) is 4.63. The van der Waals surface area contributed by atoms with Crippen LogP contribution in [0.5, 0.6) is 0 Å². The van der Waals surface area contributed by atoms with Gasteiger partial charge in [-0.2, -0.15) is 0 Å². The lowest BCUT2D eigenvalue weighted by atomic mass is 10.1. The molecule has 1 N–H and O–H groups in total. The van der Waals surface area contributed by atoms with Gasteiger partial charge in [0.05, 0.1) is 0 Å². The zero-order valence-corrected chi connectivity index (χ0v) is 13.2. The van der Waals surface area contributed by atoms with Crippen LogP contribution in [-0.4, -0.2) is 11.1 Å². The first-order valence-electron chi connectivity index (χ1n) is 6.75. The van der Waals surface area contributed by atoms with E-state index in [0.717, 1.165) is 12.0 Å². The molecular formula is C16H13ClN2O2S. The first-order chi connectivity index (χ1) is 10.7. The lowest BCUT2D eigenvalue weighted by molar-refractivity contribution is -0.116. The largest absolute Gasteiger partial charge is 0.338 e. The van der Waals surface area contributed by atoms with Gasteiger partial charge in [-0.1, -0.05) is 35.0 Å². The number of aryl methyl sites for hydroxylation is 1. The summed E-state index contributed by atoms with van der Waals surface area (Å²) in [5, 5.41) is 9.33. The van der Waals surface area contributed by atoms with Crippen molar-refractivity contribution in [3.8, 4) is 11.3 Å². The number of thiophene rings is 1. The number of nitrogens with zero attached hydrogens (tertiary/aromatic N) is 1. The molecule has 0 radical (unpaired) electrons. The third-order valence-electron chi connectivity index (χ3n) is 3.09. The second kappa shape index (κ2) is 6.77. The molecule has 22 heavy (non-hydrogen) atoms. The number of hydrogen-bond donors (Lipinski definition) is 1. The Morgan fingerprint density at radius 2 is 2.09 bits per heavy atom. The number of halogens is 1. The molecule has 3 rings (SSSR count). The molecule has 3 aromatic rings. The predicted molar refractivity (Wildman–Crippen MR) is 88.2 cm³/mol. The molecule has 0 aliphatic rings. The summed E-state index contributed by atoms with van der Waals surface area (Å²) in [6.07, 6.45) is 1.14. The van der Waals surface area contributed by atoms with Crippen LogP contribution in [-0.2, 0) is 11.2 Å². The van der Waals surface area contributed by atoms with Crippen LogP contribution in [0.25, 0.3) is 11.3 Å². The Balaban J connectivity index is 1.59. The minimum atomic E-state index is -0.0905. The zero-order chi connectivity index (χ0) is 15.4. The quantitative estimate of drug-likeness (QED) is 0.741. The van der Waals surface area contributed by atoms with E-state index in [-0.39, 0.29) is 5.91 Å². The molecule has 6 heteroatoms. The first kappa shape index (κ1) is 14.8. The Kier molecular flexibility index (Phi) is 4.56. The maximum absolute atomic E-state index is 11.9. The zero-order valence-electron chi connectivity index (χ0n) is 11.6. The van der Waals surface area contributed by atoms with Crippen LogP contribution in [0.1, 0.15) is 11.3 Å². The Hall–Kier alpha value is -2.11. The molecule has 2 heterocycles. The number of rotatable bonds is 5. The highest BCUT2D eigenvalue weighted by Gasteiger charge is 2.10. The van der Waals surface area contributed by atoms with Gasteiger partial charge in [-0.3, -0.25) is 10.1 Å². The number of aromatic nitrogens is 1. The van der Waals surface area contributed by atoms with Crippen molar-refractivity contribution < 1.29 is 9.32 Å². The summed E-state index contributed by atoms with van der Waals surface area (Å²) in [4.78, 5) is 13.1. The van der Waals surface area contributed by atoms with Gasteiger partial charge in [-0.25, -0.2) is 0 Å². The number of carbonyl (C=O) groups excluding carboxylic acids is 1. The summed E-state index contributed by atoms with van der Waals surface area (Å²) in [6.45, 7) is 0. The van der Waals surface area contributed by atoms with Crippen LogP contribution in [0.3, 0.4) is 0 Å². The van der Waals surface area contributed by atoms with E-state index in [9.17, 15) is 4.79 Å². The van der Waals surface area contributed by atoms with Gasteiger partial charge < -0.3 is 4.52 Å². The normalized spacial score (nSPS) is 10.6. The van der Waals surface area contributed by atoms with Crippen LogP contribution in [0, 0.1) is 0 Å². The fourth-order valence-electron chi connectivity index (χ4n) is 1.98. The van der Waals surface area contributed by atoms with Gasteiger partial charge >= 0.3 is 0 Å². The maximum Gasteiger partial charge on any atom is 0.231 e. The van der Waals surface area contributed by atoms with Crippen molar-refractivity contribution in [3.63, 3.8) is 0 Å². The maximum atomic E-state index is 11.9. The lowest BCUT2D eigenvalue weighted by Gasteiger charge is -1.99. The average molecular weight is 333 g/mol. The molecule has 4 nitrogen and oxygen atoms in total. The molecule has 0 saturated carbocycles. The Morgan fingerprint density at radius 3 is 2.82 bits per heavy atom. The number of anilines is 1. The second-order valence-electron chi connectivity index (χ2n) is 4.71. The highest BCUT2D eigenvalue weighted by atomic mass is 35.5. The Labute approximate surface area is 136 Å². The minimum Gasteiger partial charge on any atom is -0.338 e. The Bertz CT molecular complexity index is 751. The van der Waals surface area contributed by atoms with E-state index < -0.39 is 0 Å². The smallest absolute Gasteiger partial charge is 0.231 e. The summed E-state index contributed by atoms with van der Waals surface area (Å²) in [7, 11) is 0. The summed E-state index contributed by atoms with van der Waals surface area (Å²) in [5.74, 6) is 0.258. The molecule has 1 aromatic carbocycles. The fraction of sp³-hybridized carbons (Fsp3) is 0.125. The highest BCUT2D eigenvalue weighted by Crippen LogP contribution is 2.23. The Morgan fingerprint density at radius 1 is 1.27 bits per heavy atom. The van der Waals surface area contributed by atoms with Crippen molar-refractivity contribution in [3.05, 3.63) is 57.7 Å². The van der Waals surface area contributed by atoms with Crippen LogP contribution < -0.4 is 5.32 Å². The van der Waals surface area contributed by atoms with Gasteiger partial charge in [-0.05, 0) is 30.0 Å². The molecule has 1 amide bonds. The van der Waals surface area contributed by atoms with Crippen LogP contribution in [0.4, 0.5) is 5.88 Å². The van der Waals surface area contributed by atoms with Crippen molar-refractivity contribution in [1.29, 1.82) is 0 Å². The van der Waals surface area contributed by atoms with E-state index in [2.05, 4.69) is 10.5 Å². The molecule has 0 fully saturated rings. The van der Waals surface area contributed by atoms with Gasteiger partial charge in [0, 0.05) is 28.0 Å². The number of amides is 1. The number of benzene rings is 1. The molecule has 0 aliphatic heterocycles. The third-order valence-corrected chi connectivity index (χ3v) is 4.28. The standard InChI is InChI=1S/C16H13ClN2O2S/c17-12-5-3-11(4-6-12)14-10-16(21-19-14)18-15(20)8-7-13-2-1-9-22-13/h1-6,9-10H,7-8H2,(H,18,20). The van der Waals surface area contributed by atoms with E-state index in [4.69, 9.17) is 16.1 Å². The molecule has 0 unspecified atom stereocenters. The van der Waals surface area contributed by atoms with E-state index in [1.165, 1.54) is 4.88 Å². The number of hydrogen-bond acceptors (Lipinski definition) is 4.